The normalized spacial score (nSPS) is 13.0. The van der Waals surface area contributed by atoms with Crippen LogP contribution in [0, 0.1) is 5.92 Å². The van der Waals surface area contributed by atoms with Crippen LogP contribution >= 0.6 is 15.9 Å². The fourth-order valence-electron chi connectivity index (χ4n) is 0.794. The minimum Gasteiger partial charge on any atom is -0.489 e. The third-order valence-electron chi connectivity index (χ3n) is 1.99. The topological polar surface area (TPSA) is 22.1 Å². The van der Waals surface area contributed by atoms with E-state index in [2.05, 4.69) is 41.7 Å². The summed E-state index contributed by atoms with van der Waals surface area (Å²) >= 11 is 3.39. The molecule has 2 nitrogen and oxygen atoms in total. The van der Waals surface area contributed by atoms with E-state index >= 15 is 0 Å². The molecule has 0 saturated carbocycles. The summed E-state index contributed by atoms with van der Waals surface area (Å²) in [5.41, 5.74) is 0. The van der Waals surface area contributed by atoms with Crippen molar-refractivity contribution in [2.24, 2.45) is 5.92 Å². The quantitative estimate of drug-likeness (QED) is 0.814. The summed E-state index contributed by atoms with van der Waals surface area (Å²) in [6.07, 6.45) is 3.69. The van der Waals surface area contributed by atoms with E-state index in [4.69, 9.17) is 4.74 Å². The predicted molar refractivity (Wildman–Crippen MR) is 56.9 cm³/mol. The van der Waals surface area contributed by atoms with Crippen LogP contribution in [0.3, 0.4) is 0 Å². The Bertz CT molecular complexity index is 275. The van der Waals surface area contributed by atoms with Crippen molar-refractivity contribution in [3.05, 3.63) is 22.9 Å². The monoisotopic (exact) mass is 243 g/mol. The number of hydrogen-bond acceptors (Lipinski definition) is 2. The molecule has 1 atom stereocenters. The van der Waals surface area contributed by atoms with E-state index in [0.29, 0.717) is 5.92 Å². The second-order valence-electron chi connectivity index (χ2n) is 3.37. The van der Waals surface area contributed by atoms with Gasteiger partial charge in [0.25, 0.3) is 0 Å². The van der Waals surface area contributed by atoms with Crippen LogP contribution in [-0.4, -0.2) is 11.1 Å². The minimum absolute atomic E-state index is 0.221. The Morgan fingerprint density at radius 3 is 2.62 bits per heavy atom. The molecular weight excluding hydrogens is 230 g/mol. The second kappa shape index (κ2) is 4.61. The first-order chi connectivity index (χ1) is 6.11. The summed E-state index contributed by atoms with van der Waals surface area (Å²) in [5, 5.41) is 0. The molecule has 1 aromatic heterocycles. The Kier molecular flexibility index (Phi) is 3.72. The fourth-order valence-corrected chi connectivity index (χ4v) is 1.14. The number of ether oxygens (including phenoxy) is 1. The van der Waals surface area contributed by atoms with Crippen molar-refractivity contribution >= 4 is 15.9 Å². The van der Waals surface area contributed by atoms with Gasteiger partial charge in [-0.3, -0.25) is 4.98 Å². The van der Waals surface area contributed by atoms with Crippen molar-refractivity contribution in [1.29, 1.82) is 0 Å². The van der Waals surface area contributed by atoms with Gasteiger partial charge in [0.15, 0.2) is 0 Å². The Balaban J connectivity index is 2.69. The zero-order valence-electron chi connectivity index (χ0n) is 8.12. The molecule has 0 aliphatic carbocycles. The summed E-state index contributed by atoms with van der Waals surface area (Å²) in [7, 11) is 0. The van der Waals surface area contributed by atoms with Crippen LogP contribution in [0.25, 0.3) is 0 Å². The predicted octanol–water partition coefficient (Wildman–Crippen LogP) is 3.27. The Morgan fingerprint density at radius 1 is 1.38 bits per heavy atom. The average molecular weight is 244 g/mol. The van der Waals surface area contributed by atoms with Crippen LogP contribution in [0.1, 0.15) is 20.8 Å². The van der Waals surface area contributed by atoms with Crippen molar-refractivity contribution in [3.8, 4) is 5.75 Å². The first-order valence-corrected chi connectivity index (χ1v) is 5.16. The zero-order valence-corrected chi connectivity index (χ0v) is 9.71. The van der Waals surface area contributed by atoms with Gasteiger partial charge in [-0.15, -0.1) is 0 Å². The standard InChI is InChI=1S/C10H14BrNO/c1-7(2)8(3)13-10-4-5-12-6-9(10)11/h4-8H,1-3H3/t8-/m1/s1. The molecule has 1 aromatic rings. The lowest BCUT2D eigenvalue weighted by Crippen LogP contribution is -2.18. The number of hydrogen-bond donors (Lipinski definition) is 0. The number of nitrogens with zero attached hydrogens (tertiary/aromatic N) is 1. The van der Waals surface area contributed by atoms with E-state index < -0.39 is 0 Å². The van der Waals surface area contributed by atoms with Crippen molar-refractivity contribution < 1.29 is 4.74 Å². The van der Waals surface area contributed by atoms with Gasteiger partial charge in [0.1, 0.15) is 5.75 Å². The fraction of sp³-hybridized carbons (Fsp3) is 0.500. The highest BCUT2D eigenvalue weighted by Gasteiger charge is 2.10. The molecule has 3 heteroatoms. The Morgan fingerprint density at radius 2 is 2.08 bits per heavy atom. The lowest BCUT2D eigenvalue weighted by atomic mass is 10.1. The highest BCUT2D eigenvalue weighted by molar-refractivity contribution is 9.10. The van der Waals surface area contributed by atoms with Crippen LogP contribution < -0.4 is 4.74 Å². The molecule has 0 fully saturated rings. The molecule has 0 amide bonds. The molecule has 0 N–H and O–H groups in total. The lowest BCUT2D eigenvalue weighted by Gasteiger charge is -2.18. The molecule has 1 rings (SSSR count). The van der Waals surface area contributed by atoms with Crippen molar-refractivity contribution in [2.45, 2.75) is 26.9 Å². The maximum Gasteiger partial charge on any atom is 0.136 e. The third kappa shape index (κ3) is 2.99. The van der Waals surface area contributed by atoms with Gasteiger partial charge < -0.3 is 4.74 Å². The van der Waals surface area contributed by atoms with E-state index in [1.54, 1.807) is 12.4 Å². The highest BCUT2D eigenvalue weighted by Crippen LogP contribution is 2.24. The van der Waals surface area contributed by atoms with Crippen LogP contribution in [0.2, 0.25) is 0 Å². The number of halogens is 1. The molecular formula is C10H14BrNO. The number of rotatable bonds is 3. The molecule has 0 aliphatic rings. The van der Waals surface area contributed by atoms with Crippen LogP contribution in [0.5, 0.6) is 5.75 Å². The average Bonchev–Trinajstić information content (AvgIpc) is 2.08. The summed E-state index contributed by atoms with van der Waals surface area (Å²) in [5.74, 6) is 1.37. The summed E-state index contributed by atoms with van der Waals surface area (Å²) < 4.78 is 6.62. The van der Waals surface area contributed by atoms with Gasteiger partial charge in [-0.2, -0.15) is 0 Å². The van der Waals surface area contributed by atoms with E-state index in [-0.39, 0.29) is 6.10 Å². The Hall–Kier alpha value is -0.570. The molecule has 0 aromatic carbocycles. The van der Waals surface area contributed by atoms with Gasteiger partial charge in [0.05, 0.1) is 10.6 Å². The second-order valence-corrected chi connectivity index (χ2v) is 4.23. The minimum atomic E-state index is 0.221. The van der Waals surface area contributed by atoms with Gasteiger partial charge in [-0.05, 0) is 34.8 Å². The van der Waals surface area contributed by atoms with Gasteiger partial charge in [-0.1, -0.05) is 13.8 Å². The summed E-state index contributed by atoms with van der Waals surface area (Å²) in [6.45, 7) is 6.34. The molecule has 0 spiro atoms. The summed E-state index contributed by atoms with van der Waals surface area (Å²) in [4.78, 5) is 3.97. The maximum atomic E-state index is 5.72. The van der Waals surface area contributed by atoms with Crippen LogP contribution in [0.15, 0.2) is 22.9 Å². The first-order valence-electron chi connectivity index (χ1n) is 4.37. The third-order valence-corrected chi connectivity index (χ3v) is 2.58. The Labute approximate surface area is 87.5 Å². The van der Waals surface area contributed by atoms with E-state index in [9.17, 15) is 0 Å². The SMILES string of the molecule is CC(C)[C@@H](C)Oc1ccncc1Br. The smallest absolute Gasteiger partial charge is 0.136 e. The molecule has 0 unspecified atom stereocenters. The maximum absolute atomic E-state index is 5.72. The van der Waals surface area contributed by atoms with Gasteiger partial charge in [0, 0.05) is 12.4 Å². The lowest BCUT2D eigenvalue weighted by molar-refractivity contribution is 0.169. The molecule has 0 bridgehead atoms. The first kappa shape index (κ1) is 10.5. The van der Waals surface area contributed by atoms with E-state index in [1.165, 1.54) is 0 Å². The van der Waals surface area contributed by atoms with Crippen LogP contribution in [-0.2, 0) is 0 Å². The molecule has 72 valence electrons. The van der Waals surface area contributed by atoms with Crippen LogP contribution in [0.4, 0.5) is 0 Å². The molecule has 13 heavy (non-hydrogen) atoms. The molecule has 0 saturated heterocycles. The molecule has 0 radical (unpaired) electrons. The van der Waals surface area contributed by atoms with Gasteiger partial charge in [-0.25, -0.2) is 0 Å². The highest BCUT2D eigenvalue weighted by atomic mass is 79.9. The van der Waals surface area contributed by atoms with Crippen molar-refractivity contribution in [3.63, 3.8) is 0 Å². The van der Waals surface area contributed by atoms with E-state index in [1.807, 2.05) is 6.07 Å². The zero-order chi connectivity index (χ0) is 9.84. The number of aromatic nitrogens is 1. The molecule has 0 aliphatic heterocycles. The number of pyridine rings is 1. The summed E-state index contributed by atoms with van der Waals surface area (Å²) in [6, 6.07) is 1.86. The van der Waals surface area contributed by atoms with Gasteiger partial charge in [0.2, 0.25) is 0 Å². The van der Waals surface area contributed by atoms with Crippen molar-refractivity contribution in [2.75, 3.05) is 0 Å². The molecule has 1 heterocycles. The van der Waals surface area contributed by atoms with Gasteiger partial charge >= 0.3 is 0 Å². The van der Waals surface area contributed by atoms with Crippen molar-refractivity contribution in [1.82, 2.24) is 4.98 Å². The largest absolute Gasteiger partial charge is 0.489 e. The van der Waals surface area contributed by atoms with E-state index in [0.717, 1.165) is 10.2 Å².